The molecule has 6 heteroatoms. The number of carbonyl (C=O) groups excluding carboxylic acids is 1. The lowest BCUT2D eigenvalue weighted by atomic mass is 9.98. The molecular formula is C10H17F3N2O. The maximum Gasteiger partial charge on any atom is 0.393 e. The fraction of sp³-hybridized carbons (Fsp3) is 0.900. The van der Waals surface area contributed by atoms with Gasteiger partial charge >= 0.3 is 12.2 Å². The summed E-state index contributed by atoms with van der Waals surface area (Å²) in [5.74, 6) is -1.38. The molecule has 0 aliphatic carbocycles. The van der Waals surface area contributed by atoms with Gasteiger partial charge in [-0.3, -0.25) is 0 Å². The van der Waals surface area contributed by atoms with Crippen molar-refractivity contribution >= 4 is 6.03 Å². The SMILES string of the molecule is CC(C)NC(=O)N1CCCC(C(F)(F)F)C1. The number of halogens is 3. The Morgan fingerprint density at radius 1 is 1.44 bits per heavy atom. The van der Waals surface area contributed by atoms with Crippen molar-refractivity contribution in [2.75, 3.05) is 13.1 Å². The first-order chi connectivity index (χ1) is 7.30. The summed E-state index contributed by atoms with van der Waals surface area (Å²) in [7, 11) is 0. The lowest BCUT2D eigenvalue weighted by molar-refractivity contribution is -0.184. The molecule has 0 saturated carbocycles. The summed E-state index contributed by atoms with van der Waals surface area (Å²) in [6.07, 6.45) is -3.67. The van der Waals surface area contributed by atoms with Crippen LogP contribution in [-0.2, 0) is 0 Å². The van der Waals surface area contributed by atoms with E-state index in [-0.39, 0.29) is 19.0 Å². The van der Waals surface area contributed by atoms with E-state index in [1.807, 2.05) is 0 Å². The van der Waals surface area contributed by atoms with E-state index in [1.54, 1.807) is 13.8 Å². The molecule has 1 aliphatic heterocycles. The molecule has 1 saturated heterocycles. The number of nitrogens with one attached hydrogen (secondary N) is 1. The summed E-state index contributed by atoms with van der Waals surface area (Å²) in [5.41, 5.74) is 0. The van der Waals surface area contributed by atoms with E-state index in [1.165, 1.54) is 4.90 Å². The van der Waals surface area contributed by atoms with Crippen molar-refractivity contribution < 1.29 is 18.0 Å². The molecule has 16 heavy (non-hydrogen) atoms. The first-order valence-electron chi connectivity index (χ1n) is 5.43. The topological polar surface area (TPSA) is 32.3 Å². The van der Waals surface area contributed by atoms with Crippen molar-refractivity contribution in [3.05, 3.63) is 0 Å². The molecule has 3 nitrogen and oxygen atoms in total. The van der Waals surface area contributed by atoms with E-state index in [4.69, 9.17) is 0 Å². The number of carbonyl (C=O) groups is 1. The van der Waals surface area contributed by atoms with Gasteiger partial charge in [-0.2, -0.15) is 13.2 Å². The highest BCUT2D eigenvalue weighted by Gasteiger charge is 2.42. The summed E-state index contributed by atoms with van der Waals surface area (Å²) >= 11 is 0. The van der Waals surface area contributed by atoms with Crippen molar-refractivity contribution in [3.8, 4) is 0 Å². The van der Waals surface area contributed by atoms with Crippen LogP contribution in [0.15, 0.2) is 0 Å². The number of urea groups is 1. The molecule has 1 heterocycles. The number of hydrogen-bond donors (Lipinski definition) is 1. The van der Waals surface area contributed by atoms with Crippen LogP contribution in [0.1, 0.15) is 26.7 Å². The second-order valence-electron chi connectivity index (χ2n) is 4.43. The second kappa shape index (κ2) is 4.93. The number of amides is 2. The maximum atomic E-state index is 12.5. The molecule has 0 aromatic heterocycles. The second-order valence-corrected chi connectivity index (χ2v) is 4.43. The van der Waals surface area contributed by atoms with Gasteiger partial charge in [-0.1, -0.05) is 0 Å². The van der Waals surface area contributed by atoms with Crippen molar-refractivity contribution in [2.45, 2.75) is 38.9 Å². The Kier molecular flexibility index (Phi) is 4.04. The number of nitrogens with zero attached hydrogens (tertiary/aromatic N) is 1. The Bertz CT molecular complexity index is 253. The van der Waals surface area contributed by atoms with Crippen molar-refractivity contribution in [2.24, 2.45) is 5.92 Å². The summed E-state index contributed by atoms with van der Waals surface area (Å²) in [6, 6.07) is -0.456. The third-order valence-corrected chi connectivity index (χ3v) is 2.58. The molecule has 0 spiro atoms. The predicted octanol–water partition coefficient (Wildman–Crippen LogP) is 2.38. The average Bonchev–Trinajstić information content (AvgIpc) is 2.15. The lowest BCUT2D eigenvalue weighted by Crippen LogP contribution is -2.49. The highest BCUT2D eigenvalue weighted by Crippen LogP contribution is 2.32. The number of piperidine rings is 1. The van der Waals surface area contributed by atoms with Gasteiger partial charge in [-0.15, -0.1) is 0 Å². The molecule has 1 unspecified atom stereocenters. The minimum absolute atomic E-state index is 0.0567. The molecule has 1 aliphatic rings. The monoisotopic (exact) mass is 238 g/mol. The molecule has 1 rings (SSSR count). The average molecular weight is 238 g/mol. The number of rotatable bonds is 1. The van der Waals surface area contributed by atoms with Crippen molar-refractivity contribution in [3.63, 3.8) is 0 Å². The van der Waals surface area contributed by atoms with Gasteiger partial charge in [0.15, 0.2) is 0 Å². The zero-order chi connectivity index (χ0) is 12.3. The highest BCUT2D eigenvalue weighted by molar-refractivity contribution is 5.74. The molecule has 1 N–H and O–H groups in total. The standard InChI is InChI=1S/C10H17F3N2O/c1-7(2)14-9(16)15-5-3-4-8(6-15)10(11,12)13/h7-8H,3-6H2,1-2H3,(H,14,16). The highest BCUT2D eigenvalue weighted by atomic mass is 19.4. The Morgan fingerprint density at radius 2 is 2.06 bits per heavy atom. The molecule has 2 amide bonds. The van der Waals surface area contributed by atoms with Gasteiger partial charge in [0.1, 0.15) is 0 Å². The van der Waals surface area contributed by atoms with E-state index in [0.29, 0.717) is 13.0 Å². The van der Waals surface area contributed by atoms with Crippen LogP contribution in [-0.4, -0.2) is 36.2 Å². The number of likely N-dealkylation sites (tertiary alicyclic amines) is 1. The zero-order valence-corrected chi connectivity index (χ0v) is 9.47. The lowest BCUT2D eigenvalue weighted by Gasteiger charge is -2.34. The minimum atomic E-state index is -4.20. The van der Waals surface area contributed by atoms with Crippen molar-refractivity contribution in [1.82, 2.24) is 10.2 Å². The van der Waals surface area contributed by atoms with Crippen LogP contribution in [0.25, 0.3) is 0 Å². The molecule has 0 radical (unpaired) electrons. The quantitative estimate of drug-likeness (QED) is 0.747. The van der Waals surface area contributed by atoms with E-state index in [0.717, 1.165) is 0 Å². The Balaban J connectivity index is 2.54. The summed E-state index contributed by atoms with van der Waals surface area (Å²) < 4.78 is 37.4. The van der Waals surface area contributed by atoms with Gasteiger partial charge in [0.05, 0.1) is 5.92 Å². The molecule has 1 atom stereocenters. The zero-order valence-electron chi connectivity index (χ0n) is 9.47. The third-order valence-electron chi connectivity index (χ3n) is 2.58. The first kappa shape index (κ1) is 13.1. The molecular weight excluding hydrogens is 221 g/mol. The van der Waals surface area contributed by atoms with Gasteiger partial charge in [-0.05, 0) is 26.7 Å². The normalized spacial score (nSPS) is 22.4. The van der Waals surface area contributed by atoms with Crippen LogP contribution >= 0.6 is 0 Å². The predicted molar refractivity (Wildman–Crippen MR) is 54.0 cm³/mol. The third kappa shape index (κ3) is 3.57. The molecule has 0 aromatic carbocycles. The largest absolute Gasteiger partial charge is 0.393 e. The van der Waals surface area contributed by atoms with E-state index >= 15 is 0 Å². The first-order valence-corrected chi connectivity index (χ1v) is 5.43. The maximum absolute atomic E-state index is 12.5. The summed E-state index contributed by atoms with van der Waals surface area (Å²) in [5, 5.41) is 2.60. The van der Waals surface area contributed by atoms with Crippen LogP contribution in [0.5, 0.6) is 0 Å². The summed E-state index contributed by atoms with van der Waals surface area (Å²) in [6.45, 7) is 3.75. The smallest absolute Gasteiger partial charge is 0.336 e. The molecule has 1 fully saturated rings. The van der Waals surface area contributed by atoms with Crippen LogP contribution < -0.4 is 5.32 Å². The van der Waals surface area contributed by atoms with Crippen LogP contribution in [0, 0.1) is 5.92 Å². The van der Waals surface area contributed by atoms with Crippen LogP contribution in [0.3, 0.4) is 0 Å². The number of hydrogen-bond acceptors (Lipinski definition) is 1. The minimum Gasteiger partial charge on any atom is -0.336 e. The summed E-state index contributed by atoms with van der Waals surface area (Å²) in [4.78, 5) is 12.8. The van der Waals surface area contributed by atoms with Gasteiger partial charge in [0, 0.05) is 19.1 Å². The Hall–Kier alpha value is -0.940. The number of alkyl halides is 3. The van der Waals surface area contributed by atoms with Crippen LogP contribution in [0.4, 0.5) is 18.0 Å². The molecule has 0 aromatic rings. The fourth-order valence-electron chi connectivity index (χ4n) is 1.77. The van der Waals surface area contributed by atoms with Gasteiger partial charge < -0.3 is 10.2 Å². The Labute approximate surface area is 93.0 Å². The van der Waals surface area contributed by atoms with Gasteiger partial charge in [0.25, 0.3) is 0 Å². The van der Waals surface area contributed by atoms with Gasteiger partial charge in [0.2, 0.25) is 0 Å². The fourth-order valence-corrected chi connectivity index (χ4v) is 1.77. The van der Waals surface area contributed by atoms with Crippen LogP contribution in [0.2, 0.25) is 0 Å². The van der Waals surface area contributed by atoms with Crippen molar-refractivity contribution in [1.29, 1.82) is 0 Å². The Morgan fingerprint density at radius 3 is 2.56 bits per heavy atom. The van der Waals surface area contributed by atoms with E-state index in [2.05, 4.69) is 5.32 Å². The molecule has 94 valence electrons. The van der Waals surface area contributed by atoms with E-state index in [9.17, 15) is 18.0 Å². The van der Waals surface area contributed by atoms with E-state index < -0.39 is 18.1 Å². The van der Waals surface area contributed by atoms with Gasteiger partial charge in [-0.25, -0.2) is 4.79 Å². The molecule has 0 bridgehead atoms.